The summed E-state index contributed by atoms with van der Waals surface area (Å²) in [5, 5.41) is 10.1. The van der Waals surface area contributed by atoms with Crippen molar-refractivity contribution < 1.29 is 9.90 Å². The van der Waals surface area contributed by atoms with Gasteiger partial charge in [0.05, 0.1) is 5.56 Å². The standard InChI is InChI=1S/C14H17NO2S/c1-9-10(2)15(6-7-18-3)13-5-4-11(14(16)17)8-12(9)13/h4-5,8H,6-7H2,1-3H3,(H,16,17). The van der Waals surface area contributed by atoms with E-state index in [-0.39, 0.29) is 0 Å². The molecular formula is C14H17NO2S. The number of aromatic carboxylic acids is 1. The molecule has 0 amide bonds. The van der Waals surface area contributed by atoms with Crippen molar-refractivity contribution in [2.24, 2.45) is 0 Å². The first kappa shape index (κ1) is 13.0. The van der Waals surface area contributed by atoms with Crippen LogP contribution in [0.5, 0.6) is 0 Å². The van der Waals surface area contributed by atoms with Gasteiger partial charge in [-0.15, -0.1) is 0 Å². The number of carboxylic acids is 1. The third-order valence-corrected chi connectivity index (χ3v) is 4.00. The van der Waals surface area contributed by atoms with Gasteiger partial charge in [-0.2, -0.15) is 11.8 Å². The molecule has 18 heavy (non-hydrogen) atoms. The van der Waals surface area contributed by atoms with Gasteiger partial charge in [0.2, 0.25) is 0 Å². The van der Waals surface area contributed by atoms with E-state index in [0.29, 0.717) is 5.56 Å². The monoisotopic (exact) mass is 263 g/mol. The van der Waals surface area contributed by atoms with Crippen LogP contribution in [0.1, 0.15) is 21.6 Å². The van der Waals surface area contributed by atoms with Crippen LogP contribution in [0.4, 0.5) is 0 Å². The highest BCUT2D eigenvalue weighted by molar-refractivity contribution is 7.98. The molecule has 0 aliphatic rings. The third kappa shape index (κ3) is 2.12. The lowest BCUT2D eigenvalue weighted by Gasteiger charge is -2.07. The largest absolute Gasteiger partial charge is 0.478 e. The molecule has 0 saturated carbocycles. The molecule has 0 unspecified atom stereocenters. The molecule has 0 bridgehead atoms. The smallest absolute Gasteiger partial charge is 0.335 e. The van der Waals surface area contributed by atoms with Crippen molar-refractivity contribution >= 4 is 28.6 Å². The molecule has 0 aliphatic heterocycles. The Bertz CT molecular complexity index is 601. The van der Waals surface area contributed by atoms with Gasteiger partial charge in [0.25, 0.3) is 0 Å². The second kappa shape index (κ2) is 5.06. The van der Waals surface area contributed by atoms with Gasteiger partial charge >= 0.3 is 5.97 Å². The maximum absolute atomic E-state index is 11.0. The van der Waals surface area contributed by atoms with Crippen molar-refractivity contribution in [2.45, 2.75) is 20.4 Å². The number of rotatable bonds is 4. The van der Waals surface area contributed by atoms with Crippen LogP contribution in [0.2, 0.25) is 0 Å². The predicted molar refractivity (Wildman–Crippen MR) is 76.8 cm³/mol. The number of hydrogen-bond donors (Lipinski definition) is 1. The molecule has 2 aromatic rings. The molecule has 0 saturated heterocycles. The van der Waals surface area contributed by atoms with Crippen molar-refractivity contribution in [1.82, 2.24) is 4.57 Å². The van der Waals surface area contributed by atoms with E-state index in [2.05, 4.69) is 24.7 Å². The summed E-state index contributed by atoms with van der Waals surface area (Å²) in [5.41, 5.74) is 3.88. The molecule has 0 radical (unpaired) electrons. The van der Waals surface area contributed by atoms with E-state index in [1.165, 1.54) is 11.3 Å². The quantitative estimate of drug-likeness (QED) is 0.920. The molecule has 4 heteroatoms. The molecule has 3 nitrogen and oxygen atoms in total. The second-order valence-electron chi connectivity index (χ2n) is 4.39. The molecular weight excluding hydrogens is 246 g/mol. The van der Waals surface area contributed by atoms with E-state index in [4.69, 9.17) is 5.11 Å². The zero-order chi connectivity index (χ0) is 13.3. The number of carbonyl (C=O) groups is 1. The van der Waals surface area contributed by atoms with Crippen LogP contribution >= 0.6 is 11.8 Å². The van der Waals surface area contributed by atoms with E-state index in [9.17, 15) is 4.79 Å². The van der Waals surface area contributed by atoms with Crippen LogP contribution in [0, 0.1) is 13.8 Å². The van der Waals surface area contributed by atoms with Crippen LogP contribution in [-0.4, -0.2) is 27.7 Å². The molecule has 1 aromatic heterocycles. The number of aromatic nitrogens is 1. The topological polar surface area (TPSA) is 42.2 Å². The fraction of sp³-hybridized carbons (Fsp3) is 0.357. The van der Waals surface area contributed by atoms with Crippen LogP contribution in [0.25, 0.3) is 10.9 Å². The minimum absolute atomic E-state index is 0.354. The number of aryl methyl sites for hydroxylation is 2. The Morgan fingerprint density at radius 1 is 1.39 bits per heavy atom. The average Bonchev–Trinajstić information content (AvgIpc) is 2.60. The molecule has 2 rings (SSSR count). The van der Waals surface area contributed by atoms with E-state index in [1.807, 2.05) is 17.8 Å². The van der Waals surface area contributed by atoms with Gasteiger partial charge in [0, 0.05) is 28.9 Å². The Hall–Kier alpha value is -1.42. The van der Waals surface area contributed by atoms with Crippen molar-refractivity contribution in [3.8, 4) is 0 Å². The highest BCUT2D eigenvalue weighted by Gasteiger charge is 2.12. The number of benzene rings is 1. The molecule has 1 aromatic carbocycles. The van der Waals surface area contributed by atoms with E-state index >= 15 is 0 Å². The summed E-state index contributed by atoms with van der Waals surface area (Å²) in [5.74, 6) is 0.191. The SMILES string of the molecule is CSCCn1c(C)c(C)c2cc(C(=O)O)ccc21. The van der Waals surface area contributed by atoms with Gasteiger partial charge in [0.1, 0.15) is 0 Å². The third-order valence-electron chi connectivity index (χ3n) is 3.40. The molecule has 0 atom stereocenters. The summed E-state index contributed by atoms with van der Waals surface area (Å²) in [7, 11) is 0. The van der Waals surface area contributed by atoms with Crippen LogP contribution in [0.15, 0.2) is 18.2 Å². The number of carboxylic acid groups (broad SMARTS) is 1. The molecule has 0 spiro atoms. The fourth-order valence-electron chi connectivity index (χ4n) is 2.25. The number of thioether (sulfide) groups is 1. The lowest BCUT2D eigenvalue weighted by molar-refractivity contribution is 0.0697. The Morgan fingerprint density at radius 2 is 2.11 bits per heavy atom. The van der Waals surface area contributed by atoms with Gasteiger partial charge in [-0.1, -0.05) is 0 Å². The highest BCUT2D eigenvalue weighted by Crippen LogP contribution is 2.26. The predicted octanol–water partition coefficient (Wildman–Crippen LogP) is 3.32. The average molecular weight is 263 g/mol. The van der Waals surface area contributed by atoms with Gasteiger partial charge < -0.3 is 9.67 Å². The maximum atomic E-state index is 11.0. The summed E-state index contributed by atoms with van der Waals surface area (Å²) in [6, 6.07) is 5.37. The Balaban J connectivity index is 2.60. The summed E-state index contributed by atoms with van der Waals surface area (Å²) in [6.45, 7) is 5.11. The van der Waals surface area contributed by atoms with Gasteiger partial charge in [-0.25, -0.2) is 4.79 Å². The Labute approximate surface area is 111 Å². The zero-order valence-electron chi connectivity index (χ0n) is 10.9. The van der Waals surface area contributed by atoms with Crippen molar-refractivity contribution in [2.75, 3.05) is 12.0 Å². The van der Waals surface area contributed by atoms with E-state index in [1.54, 1.807) is 12.1 Å². The number of fused-ring (bicyclic) bond motifs is 1. The van der Waals surface area contributed by atoms with Gasteiger partial charge in [-0.3, -0.25) is 0 Å². The van der Waals surface area contributed by atoms with Crippen LogP contribution < -0.4 is 0 Å². The first-order valence-corrected chi connectivity index (χ1v) is 7.27. The van der Waals surface area contributed by atoms with E-state index in [0.717, 1.165) is 23.2 Å². The lowest BCUT2D eigenvalue weighted by atomic mass is 10.1. The normalized spacial score (nSPS) is 11.1. The summed E-state index contributed by atoms with van der Waals surface area (Å²) in [6.07, 6.45) is 2.09. The molecule has 1 heterocycles. The van der Waals surface area contributed by atoms with Crippen LogP contribution in [0.3, 0.4) is 0 Å². The first-order chi connectivity index (χ1) is 8.56. The second-order valence-corrected chi connectivity index (χ2v) is 5.38. The lowest BCUT2D eigenvalue weighted by Crippen LogP contribution is -2.02. The minimum Gasteiger partial charge on any atom is -0.478 e. The van der Waals surface area contributed by atoms with E-state index < -0.39 is 5.97 Å². The zero-order valence-corrected chi connectivity index (χ0v) is 11.7. The summed E-state index contributed by atoms with van der Waals surface area (Å²) >= 11 is 1.82. The summed E-state index contributed by atoms with van der Waals surface area (Å²) < 4.78 is 2.27. The van der Waals surface area contributed by atoms with Gasteiger partial charge in [0.15, 0.2) is 0 Å². The Morgan fingerprint density at radius 3 is 2.72 bits per heavy atom. The number of nitrogens with zero attached hydrogens (tertiary/aromatic N) is 1. The molecule has 96 valence electrons. The molecule has 1 N–H and O–H groups in total. The Kier molecular flexibility index (Phi) is 3.66. The fourth-order valence-corrected chi connectivity index (χ4v) is 2.62. The first-order valence-electron chi connectivity index (χ1n) is 5.88. The van der Waals surface area contributed by atoms with Crippen molar-refractivity contribution in [1.29, 1.82) is 0 Å². The summed E-state index contributed by atoms with van der Waals surface area (Å²) in [4.78, 5) is 11.0. The van der Waals surface area contributed by atoms with Crippen molar-refractivity contribution in [3.63, 3.8) is 0 Å². The number of hydrogen-bond acceptors (Lipinski definition) is 2. The molecule has 0 fully saturated rings. The van der Waals surface area contributed by atoms with Crippen LogP contribution in [-0.2, 0) is 6.54 Å². The highest BCUT2D eigenvalue weighted by atomic mass is 32.2. The van der Waals surface area contributed by atoms with Gasteiger partial charge in [-0.05, 0) is 43.9 Å². The van der Waals surface area contributed by atoms with Crippen molar-refractivity contribution in [3.05, 3.63) is 35.0 Å². The maximum Gasteiger partial charge on any atom is 0.335 e. The minimum atomic E-state index is -0.870. The molecule has 0 aliphatic carbocycles.